The third kappa shape index (κ3) is 8.14. The van der Waals surface area contributed by atoms with Gasteiger partial charge in [0.15, 0.2) is 5.96 Å². The van der Waals surface area contributed by atoms with E-state index in [2.05, 4.69) is 63.1 Å². The Morgan fingerprint density at radius 2 is 1.87 bits per heavy atom. The Kier molecular flexibility index (Phi) is 10.9. The minimum Gasteiger partial charge on any atom is -0.450 e. The third-order valence-corrected chi connectivity index (χ3v) is 6.18. The van der Waals surface area contributed by atoms with E-state index in [1.165, 1.54) is 5.56 Å². The van der Waals surface area contributed by atoms with Gasteiger partial charge >= 0.3 is 6.09 Å². The Morgan fingerprint density at radius 3 is 2.45 bits per heavy atom. The summed E-state index contributed by atoms with van der Waals surface area (Å²) in [6, 6.07) is 11.6. The molecule has 0 spiro atoms. The quantitative estimate of drug-likeness (QED) is 0.266. The van der Waals surface area contributed by atoms with Crippen LogP contribution in [0.5, 0.6) is 0 Å². The van der Waals surface area contributed by atoms with Crippen molar-refractivity contribution in [1.82, 2.24) is 20.9 Å². The summed E-state index contributed by atoms with van der Waals surface area (Å²) in [7, 11) is 1.80. The Balaban J connectivity index is 0.00000341. The maximum absolute atomic E-state index is 11.8. The molecule has 1 aliphatic heterocycles. The summed E-state index contributed by atoms with van der Waals surface area (Å²) in [5.74, 6) is 1.34. The minimum atomic E-state index is -0.334. The molecule has 31 heavy (non-hydrogen) atoms. The number of rotatable bonds is 8. The third-order valence-electron chi connectivity index (χ3n) is 6.18. The molecule has 8 heteroatoms. The van der Waals surface area contributed by atoms with E-state index in [0.29, 0.717) is 31.2 Å². The van der Waals surface area contributed by atoms with Gasteiger partial charge in [-0.3, -0.25) is 9.89 Å². The van der Waals surface area contributed by atoms with E-state index in [1.807, 2.05) is 6.92 Å². The maximum Gasteiger partial charge on any atom is 0.407 e. The Labute approximate surface area is 203 Å². The number of alkyl carbamates (subject to hydrolysis) is 1. The number of piperidine rings is 1. The van der Waals surface area contributed by atoms with Crippen LogP contribution in [0.1, 0.15) is 51.1 Å². The van der Waals surface area contributed by atoms with Crippen molar-refractivity contribution in [3.05, 3.63) is 35.9 Å². The smallest absolute Gasteiger partial charge is 0.407 e. The summed E-state index contributed by atoms with van der Waals surface area (Å²) in [5, 5.41) is 9.95. The molecule has 3 rings (SSSR count). The van der Waals surface area contributed by atoms with E-state index < -0.39 is 0 Å². The lowest BCUT2D eigenvalue weighted by Crippen LogP contribution is -2.52. The zero-order valence-electron chi connectivity index (χ0n) is 19.0. The predicted molar refractivity (Wildman–Crippen MR) is 136 cm³/mol. The molecule has 1 aliphatic carbocycles. The first kappa shape index (κ1) is 25.7. The Bertz CT molecular complexity index is 690. The van der Waals surface area contributed by atoms with Crippen molar-refractivity contribution in [1.29, 1.82) is 0 Å². The molecule has 1 aromatic carbocycles. The van der Waals surface area contributed by atoms with Gasteiger partial charge in [-0.2, -0.15) is 0 Å². The number of halogens is 1. The molecule has 2 unspecified atom stereocenters. The molecule has 1 saturated heterocycles. The van der Waals surface area contributed by atoms with Gasteiger partial charge in [-0.05, 0) is 51.0 Å². The highest BCUT2D eigenvalue weighted by molar-refractivity contribution is 14.0. The SMILES string of the molecule is CCOC(=O)NC(CNC(=NC)NC1CCN(C(C)c2ccccc2)CC1)C1CC1.I. The van der Waals surface area contributed by atoms with Crippen LogP contribution >= 0.6 is 24.0 Å². The normalized spacial score (nSPS) is 19.6. The van der Waals surface area contributed by atoms with Crippen LogP contribution in [0.4, 0.5) is 4.79 Å². The van der Waals surface area contributed by atoms with E-state index in [1.54, 1.807) is 7.05 Å². The predicted octanol–water partition coefficient (Wildman–Crippen LogP) is 3.52. The number of carbonyl (C=O) groups excluding carboxylic acids is 1. The lowest BCUT2D eigenvalue weighted by atomic mass is 10.0. The van der Waals surface area contributed by atoms with Gasteiger partial charge in [0.05, 0.1) is 12.6 Å². The van der Waals surface area contributed by atoms with Gasteiger partial charge in [0.2, 0.25) is 0 Å². The molecule has 1 saturated carbocycles. The van der Waals surface area contributed by atoms with Gasteiger partial charge in [0.25, 0.3) is 0 Å². The van der Waals surface area contributed by atoms with Crippen molar-refractivity contribution in [3.63, 3.8) is 0 Å². The van der Waals surface area contributed by atoms with Gasteiger partial charge in [0, 0.05) is 38.8 Å². The van der Waals surface area contributed by atoms with Crippen molar-refractivity contribution < 1.29 is 9.53 Å². The summed E-state index contributed by atoms with van der Waals surface area (Å²) in [6.45, 7) is 7.30. The molecule has 0 bridgehead atoms. The first-order valence-electron chi connectivity index (χ1n) is 11.3. The van der Waals surface area contributed by atoms with E-state index in [4.69, 9.17) is 4.74 Å². The molecule has 2 fully saturated rings. The van der Waals surface area contributed by atoms with Gasteiger partial charge in [-0.1, -0.05) is 30.3 Å². The van der Waals surface area contributed by atoms with Crippen molar-refractivity contribution in [3.8, 4) is 0 Å². The van der Waals surface area contributed by atoms with Crippen molar-refractivity contribution in [2.24, 2.45) is 10.9 Å². The van der Waals surface area contributed by atoms with Gasteiger partial charge in [-0.15, -0.1) is 24.0 Å². The number of likely N-dealkylation sites (tertiary alicyclic amines) is 1. The highest BCUT2D eigenvalue weighted by Crippen LogP contribution is 2.32. The standard InChI is InChI=1S/C23H37N5O2.HI/c1-4-30-23(29)27-21(19-10-11-19)16-25-22(24-3)26-20-12-14-28(15-13-20)17(2)18-8-6-5-7-9-18;/h5-9,17,19-21H,4,10-16H2,1-3H3,(H,27,29)(H2,24,25,26);1H. The van der Waals surface area contributed by atoms with Crippen LogP contribution in [-0.4, -0.2) is 62.3 Å². The highest BCUT2D eigenvalue weighted by Gasteiger charge is 2.33. The number of nitrogens with one attached hydrogen (secondary N) is 3. The monoisotopic (exact) mass is 543 g/mol. The molecule has 2 atom stereocenters. The van der Waals surface area contributed by atoms with Crippen LogP contribution in [0.3, 0.4) is 0 Å². The average molecular weight is 543 g/mol. The molecule has 1 aromatic rings. The van der Waals surface area contributed by atoms with Crippen LogP contribution in [0, 0.1) is 5.92 Å². The fourth-order valence-electron chi connectivity index (χ4n) is 4.13. The van der Waals surface area contributed by atoms with E-state index >= 15 is 0 Å². The van der Waals surface area contributed by atoms with Gasteiger partial charge in [-0.25, -0.2) is 4.79 Å². The first-order chi connectivity index (χ1) is 14.6. The molecule has 1 amide bonds. The van der Waals surface area contributed by atoms with Crippen LogP contribution in [0.25, 0.3) is 0 Å². The average Bonchev–Trinajstić information content (AvgIpc) is 3.62. The van der Waals surface area contributed by atoms with Crippen LogP contribution < -0.4 is 16.0 Å². The molecular weight excluding hydrogens is 505 g/mol. The highest BCUT2D eigenvalue weighted by atomic mass is 127. The van der Waals surface area contributed by atoms with E-state index in [-0.39, 0.29) is 36.1 Å². The number of amides is 1. The van der Waals surface area contributed by atoms with Crippen LogP contribution in [0.15, 0.2) is 35.3 Å². The number of carbonyl (C=O) groups is 1. The number of hydrogen-bond donors (Lipinski definition) is 3. The largest absolute Gasteiger partial charge is 0.450 e. The summed E-state index contributed by atoms with van der Waals surface area (Å²) < 4.78 is 5.04. The van der Waals surface area contributed by atoms with E-state index in [9.17, 15) is 4.79 Å². The number of nitrogens with zero attached hydrogens (tertiary/aromatic N) is 2. The molecule has 7 nitrogen and oxygen atoms in total. The van der Waals surface area contributed by atoms with E-state index in [0.717, 1.165) is 44.7 Å². The van der Waals surface area contributed by atoms with Crippen molar-refractivity contribution in [2.45, 2.75) is 57.7 Å². The minimum absolute atomic E-state index is 0. The first-order valence-corrected chi connectivity index (χ1v) is 11.3. The second-order valence-electron chi connectivity index (χ2n) is 8.30. The summed E-state index contributed by atoms with van der Waals surface area (Å²) in [4.78, 5) is 18.7. The molecule has 2 aliphatic rings. The number of benzene rings is 1. The topological polar surface area (TPSA) is 78.0 Å². The fraction of sp³-hybridized carbons (Fsp3) is 0.652. The van der Waals surface area contributed by atoms with Crippen LogP contribution in [-0.2, 0) is 4.74 Å². The Hall–Kier alpha value is -1.55. The van der Waals surface area contributed by atoms with Gasteiger partial charge < -0.3 is 20.7 Å². The number of guanidine groups is 1. The molecule has 0 aromatic heterocycles. The fourth-order valence-corrected chi connectivity index (χ4v) is 4.13. The second kappa shape index (κ2) is 13.1. The van der Waals surface area contributed by atoms with Crippen LogP contribution in [0.2, 0.25) is 0 Å². The number of ether oxygens (including phenoxy) is 1. The maximum atomic E-state index is 11.8. The number of aliphatic imine (C=N–C) groups is 1. The lowest BCUT2D eigenvalue weighted by molar-refractivity contribution is 0.146. The number of hydrogen-bond acceptors (Lipinski definition) is 4. The second-order valence-corrected chi connectivity index (χ2v) is 8.30. The zero-order chi connectivity index (χ0) is 21.3. The van der Waals surface area contributed by atoms with Crippen molar-refractivity contribution in [2.75, 3.05) is 33.3 Å². The molecular formula is C23H38IN5O2. The summed E-state index contributed by atoms with van der Waals surface area (Å²) >= 11 is 0. The molecule has 0 radical (unpaired) electrons. The zero-order valence-corrected chi connectivity index (χ0v) is 21.3. The molecule has 3 N–H and O–H groups in total. The summed E-state index contributed by atoms with van der Waals surface area (Å²) in [5.41, 5.74) is 1.38. The van der Waals surface area contributed by atoms with Crippen molar-refractivity contribution >= 4 is 36.0 Å². The molecule has 1 heterocycles. The Morgan fingerprint density at radius 1 is 1.19 bits per heavy atom. The lowest BCUT2D eigenvalue weighted by Gasteiger charge is -2.37. The van der Waals surface area contributed by atoms with Gasteiger partial charge in [0.1, 0.15) is 0 Å². The summed E-state index contributed by atoms with van der Waals surface area (Å²) in [6.07, 6.45) is 4.15. The molecule has 174 valence electrons.